The van der Waals surface area contributed by atoms with Crippen LogP contribution in [-0.2, 0) is 6.54 Å². The number of aryl methyl sites for hydroxylation is 1. The normalized spacial score (nSPS) is 10.4. The van der Waals surface area contributed by atoms with Crippen LogP contribution in [0.25, 0.3) is 0 Å². The van der Waals surface area contributed by atoms with Crippen molar-refractivity contribution in [1.82, 2.24) is 10.1 Å². The summed E-state index contributed by atoms with van der Waals surface area (Å²) in [5, 5.41) is 6.11. The standard InChI is InChI=1S/C13H13F2N3O2/c1-8-5-10(17-20-8)7-18(2)13(19)16-12-4-3-9(14)6-11(12)15/h3-6H,7H2,1-2H3,(H,16,19). The molecule has 0 radical (unpaired) electrons. The first-order chi connectivity index (χ1) is 9.45. The third kappa shape index (κ3) is 3.31. The van der Waals surface area contributed by atoms with Gasteiger partial charge in [-0.3, -0.25) is 0 Å². The van der Waals surface area contributed by atoms with Gasteiger partial charge < -0.3 is 14.7 Å². The van der Waals surface area contributed by atoms with Gasteiger partial charge in [0.2, 0.25) is 0 Å². The van der Waals surface area contributed by atoms with Crippen molar-refractivity contribution < 1.29 is 18.1 Å². The monoisotopic (exact) mass is 281 g/mol. The maximum atomic E-state index is 13.4. The van der Waals surface area contributed by atoms with Gasteiger partial charge in [0.25, 0.3) is 0 Å². The first-order valence-electron chi connectivity index (χ1n) is 5.85. The lowest BCUT2D eigenvalue weighted by atomic mass is 10.3. The summed E-state index contributed by atoms with van der Waals surface area (Å²) < 4.78 is 31.0. The van der Waals surface area contributed by atoms with Gasteiger partial charge in [0.15, 0.2) is 0 Å². The van der Waals surface area contributed by atoms with Gasteiger partial charge >= 0.3 is 6.03 Å². The molecule has 2 aromatic rings. The van der Waals surface area contributed by atoms with E-state index >= 15 is 0 Å². The molecule has 0 saturated heterocycles. The summed E-state index contributed by atoms with van der Waals surface area (Å²) in [4.78, 5) is 13.2. The highest BCUT2D eigenvalue weighted by Crippen LogP contribution is 2.15. The van der Waals surface area contributed by atoms with Crippen LogP contribution in [0, 0.1) is 18.6 Å². The Kier molecular flexibility index (Phi) is 3.97. The summed E-state index contributed by atoms with van der Waals surface area (Å²) in [7, 11) is 1.53. The molecule has 5 nitrogen and oxygen atoms in total. The number of carbonyl (C=O) groups is 1. The van der Waals surface area contributed by atoms with E-state index in [-0.39, 0.29) is 12.2 Å². The van der Waals surface area contributed by atoms with E-state index in [9.17, 15) is 13.6 Å². The van der Waals surface area contributed by atoms with E-state index in [1.807, 2.05) is 0 Å². The largest absolute Gasteiger partial charge is 0.361 e. The minimum absolute atomic E-state index is 0.0837. The second kappa shape index (κ2) is 5.68. The molecule has 0 bridgehead atoms. The molecule has 0 saturated carbocycles. The number of anilines is 1. The van der Waals surface area contributed by atoms with Crippen LogP contribution in [0.5, 0.6) is 0 Å². The molecule has 1 heterocycles. The minimum atomic E-state index is -0.830. The third-order valence-electron chi connectivity index (χ3n) is 2.60. The summed E-state index contributed by atoms with van der Waals surface area (Å²) in [5.41, 5.74) is 0.499. The zero-order valence-electron chi connectivity index (χ0n) is 11.0. The number of aromatic nitrogens is 1. The van der Waals surface area contributed by atoms with Crippen molar-refractivity contribution in [1.29, 1.82) is 0 Å². The molecule has 106 valence electrons. The second-order valence-corrected chi connectivity index (χ2v) is 4.34. The zero-order valence-corrected chi connectivity index (χ0v) is 11.0. The Labute approximate surface area is 114 Å². The highest BCUT2D eigenvalue weighted by atomic mass is 19.1. The molecule has 1 aromatic carbocycles. The molecule has 0 atom stereocenters. The number of halogens is 2. The maximum Gasteiger partial charge on any atom is 0.322 e. The molecule has 2 rings (SSSR count). The predicted molar refractivity (Wildman–Crippen MR) is 68.1 cm³/mol. The Balaban J connectivity index is 2.00. The predicted octanol–water partition coefficient (Wildman–Crippen LogP) is 2.93. The number of amides is 2. The number of carbonyl (C=O) groups excluding carboxylic acids is 1. The molecule has 1 aromatic heterocycles. The summed E-state index contributed by atoms with van der Waals surface area (Å²) >= 11 is 0. The average Bonchev–Trinajstić information content (AvgIpc) is 2.78. The van der Waals surface area contributed by atoms with Crippen molar-refractivity contribution >= 4 is 11.7 Å². The molecule has 0 aliphatic carbocycles. The molecule has 0 spiro atoms. The van der Waals surface area contributed by atoms with Crippen molar-refractivity contribution in [3.05, 3.63) is 47.4 Å². The van der Waals surface area contributed by atoms with Crippen LogP contribution in [0.3, 0.4) is 0 Å². The highest BCUT2D eigenvalue weighted by molar-refractivity contribution is 5.89. The van der Waals surface area contributed by atoms with Crippen LogP contribution in [0.1, 0.15) is 11.5 Å². The van der Waals surface area contributed by atoms with E-state index in [0.29, 0.717) is 17.5 Å². The minimum Gasteiger partial charge on any atom is -0.361 e. The van der Waals surface area contributed by atoms with Gasteiger partial charge in [-0.15, -0.1) is 0 Å². The van der Waals surface area contributed by atoms with Crippen LogP contribution < -0.4 is 5.32 Å². The molecule has 20 heavy (non-hydrogen) atoms. The van der Waals surface area contributed by atoms with Crippen molar-refractivity contribution in [2.24, 2.45) is 0 Å². The van der Waals surface area contributed by atoms with Crippen molar-refractivity contribution in [2.75, 3.05) is 12.4 Å². The van der Waals surface area contributed by atoms with Crippen molar-refractivity contribution in [3.63, 3.8) is 0 Å². The highest BCUT2D eigenvalue weighted by Gasteiger charge is 2.13. The van der Waals surface area contributed by atoms with Crippen LogP contribution in [0.15, 0.2) is 28.8 Å². The van der Waals surface area contributed by atoms with Gasteiger partial charge in [0.05, 0.1) is 12.2 Å². The molecule has 1 N–H and O–H groups in total. The van der Waals surface area contributed by atoms with E-state index in [2.05, 4.69) is 10.5 Å². The number of nitrogens with zero attached hydrogens (tertiary/aromatic N) is 2. The molecule has 0 aliphatic heterocycles. The molecule has 7 heteroatoms. The van der Waals surface area contributed by atoms with Crippen LogP contribution in [-0.4, -0.2) is 23.1 Å². The lowest BCUT2D eigenvalue weighted by molar-refractivity contribution is 0.219. The number of nitrogens with one attached hydrogen (secondary N) is 1. The van der Waals surface area contributed by atoms with Crippen LogP contribution in [0.4, 0.5) is 19.3 Å². The van der Waals surface area contributed by atoms with Gasteiger partial charge in [0, 0.05) is 19.2 Å². The molecule has 2 amide bonds. The number of hydrogen-bond donors (Lipinski definition) is 1. The van der Waals surface area contributed by atoms with E-state index in [1.54, 1.807) is 13.0 Å². The quantitative estimate of drug-likeness (QED) is 0.941. The average molecular weight is 281 g/mol. The number of rotatable bonds is 3. The molecule has 0 unspecified atom stereocenters. The van der Waals surface area contributed by atoms with E-state index in [1.165, 1.54) is 11.9 Å². The Bertz CT molecular complexity index is 628. The SMILES string of the molecule is Cc1cc(CN(C)C(=O)Nc2ccc(F)cc2F)no1. The summed E-state index contributed by atoms with van der Waals surface area (Å²) in [6.07, 6.45) is 0. The maximum absolute atomic E-state index is 13.4. The molecule has 0 fully saturated rings. The fourth-order valence-corrected chi connectivity index (χ4v) is 1.61. The van der Waals surface area contributed by atoms with E-state index in [0.717, 1.165) is 12.1 Å². The first-order valence-corrected chi connectivity index (χ1v) is 5.85. The molecule has 0 aliphatic rings. The molecular weight excluding hydrogens is 268 g/mol. The number of hydrogen-bond acceptors (Lipinski definition) is 3. The third-order valence-corrected chi connectivity index (χ3v) is 2.60. The second-order valence-electron chi connectivity index (χ2n) is 4.34. The zero-order chi connectivity index (χ0) is 14.7. The van der Waals surface area contributed by atoms with E-state index in [4.69, 9.17) is 4.52 Å². The van der Waals surface area contributed by atoms with Crippen LogP contribution >= 0.6 is 0 Å². The number of benzene rings is 1. The Morgan fingerprint density at radius 1 is 1.40 bits per heavy atom. The van der Waals surface area contributed by atoms with Gasteiger partial charge in [-0.1, -0.05) is 5.16 Å². The van der Waals surface area contributed by atoms with Gasteiger partial charge in [0.1, 0.15) is 23.1 Å². The summed E-state index contributed by atoms with van der Waals surface area (Å²) in [6, 6.07) is 4.10. The molecular formula is C13H13F2N3O2. The first kappa shape index (κ1) is 14.0. The van der Waals surface area contributed by atoms with Gasteiger partial charge in [-0.05, 0) is 19.1 Å². The topological polar surface area (TPSA) is 58.4 Å². The smallest absolute Gasteiger partial charge is 0.322 e. The lowest BCUT2D eigenvalue weighted by Gasteiger charge is -2.16. The summed E-state index contributed by atoms with van der Waals surface area (Å²) in [6.45, 7) is 1.95. The van der Waals surface area contributed by atoms with Gasteiger partial charge in [-0.2, -0.15) is 0 Å². The Morgan fingerprint density at radius 3 is 2.75 bits per heavy atom. The van der Waals surface area contributed by atoms with Crippen molar-refractivity contribution in [3.8, 4) is 0 Å². The summed E-state index contributed by atoms with van der Waals surface area (Å²) in [5.74, 6) is -0.894. The fourth-order valence-electron chi connectivity index (χ4n) is 1.61. The fraction of sp³-hybridized carbons (Fsp3) is 0.231. The Hall–Kier alpha value is -2.44. The lowest BCUT2D eigenvalue weighted by Crippen LogP contribution is -2.31. The van der Waals surface area contributed by atoms with Crippen molar-refractivity contribution in [2.45, 2.75) is 13.5 Å². The van der Waals surface area contributed by atoms with E-state index < -0.39 is 17.7 Å². The van der Waals surface area contributed by atoms with Crippen LogP contribution in [0.2, 0.25) is 0 Å². The Morgan fingerprint density at radius 2 is 2.15 bits per heavy atom. The number of urea groups is 1. The van der Waals surface area contributed by atoms with Gasteiger partial charge in [-0.25, -0.2) is 13.6 Å².